The van der Waals surface area contributed by atoms with Crippen molar-refractivity contribution in [2.24, 2.45) is 0 Å². The Hall–Kier alpha value is -1.63. The molecule has 112 valence electrons. The van der Waals surface area contributed by atoms with Crippen molar-refractivity contribution < 1.29 is 17.6 Å². The molecule has 0 aliphatic heterocycles. The first-order chi connectivity index (χ1) is 9.34. The van der Waals surface area contributed by atoms with Gasteiger partial charge in [-0.15, -0.1) is 0 Å². The second-order valence-corrected chi connectivity index (χ2v) is 6.76. The van der Waals surface area contributed by atoms with Crippen LogP contribution in [-0.4, -0.2) is 25.8 Å². The van der Waals surface area contributed by atoms with Gasteiger partial charge in [0.25, 0.3) is 0 Å². The van der Waals surface area contributed by atoms with Gasteiger partial charge in [-0.1, -0.05) is 19.8 Å². The number of amides is 1. The van der Waals surface area contributed by atoms with E-state index in [0.29, 0.717) is 6.42 Å². The van der Waals surface area contributed by atoms with Crippen LogP contribution >= 0.6 is 0 Å². The van der Waals surface area contributed by atoms with Crippen LogP contribution in [0.15, 0.2) is 18.2 Å². The molecule has 20 heavy (non-hydrogen) atoms. The zero-order chi connectivity index (χ0) is 15.2. The van der Waals surface area contributed by atoms with E-state index in [-0.39, 0.29) is 17.1 Å². The summed E-state index contributed by atoms with van der Waals surface area (Å²) in [4.78, 5) is 11.7. The van der Waals surface area contributed by atoms with Gasteiger partial charge in [0.2, 0.25) is 5.91 Å². The van der Waals surface area contributed by atoms with Crippen LogP contribution in [0.3, 0.4) is 0 Å². The van der Waals surface area contributed by atoms with Gasteiger partial charge in [-0.2, -0.15) is 0 Å². The molecule has 0 bridgehead atoms. The van der Waals surface area contributed by atoms with E-state index >= 15 is 0 Å². The Morgan fingerprint density at radius 2 is 2.05 bits per heavy atom. The molecule has 0 spiro atoms. The van der Waals surface area contributed by atoms with Crippen molar-refractivity contribution in [1.82, 2.24) is 0 Å². The minimum absolute atomic E-state index is 0.00679. The fourth-order valence-electron chi connectivity index (χ4n) is 1.68. The molecule has 0 aliphatic rings. The topological polar surface area (TPSA) is 89.3 Å². The second kappa shape index (κ2) is 7.23. The van der Waals surface area contributed by atoms with E-state index in [2.05, 4.69) is 5.32 Å². The number of anilines is 2. The van der Waals surface area contributed by atoms with Gasteiger partial charge in [0.05, 0.1) is 17.1 Å². The summed E-state index contributed by atoms with van der Waals surface area (Å²) < 4.78 is 36.2. The lowest BCUT2D eigenvalue weighted by molar-refractivity contribution is -0.113. The van der Waals surface area contributed by atoms with Crippen molar-refractivity contribution in [3.05, 3.63) is 24.0 Å². The number of hydrogen-bond donors (Lipinski definition) is 2. The summed E-state index contributed by atoms with van der Waals surface area (Å²) >= 11 is 0. The zero-order valence-corrected chi connectivity index (χ0v) is 12.2. The number of rotatable bonds is 7. The first-order valence-electron chi connectivity index (χ1n) is 6.39. The van der Waals surface area contributed by atoms with Gasteiger partial charge in [0, 0.05) is 0 Å². The van der Waals surface area contributed by atoms with Crippen molar-refractivity contribution in [3.8, 4) is 0 Å². The highest BCUT2D eigenvalue weighted by Crippen LogP contribution is 2.19. The molecule has 1 amide bonds. The first-order valence-corrected chi connectivity index (χ1v) is 8.21. The number of carbonyl (C=O) groups excluding carboxylic acids is 1. The summed E-state index contributed by atoms with van der Waals surface area (Å²) in [5, 5.41) is 2.37. The van der Waals surface area contributed by atoms with Gasteiger partial charge < -0.3 is 11.1 Å². The van der Waals surface area contributed by atoms with Gasteiger partial charge in [0.15, 0.2) is 9.84 Å². The van der Waals surface area contributed by atoms with Crippen LogP contribution in [0, 0.1) is 5.82 Å². The molecule has 7 heteroatoms. The Kier molecular flexibility index (Phi) is 5.94. The minimum atomic E-state index is -3.42. The number of nitrogen functional groups attached to an aromatic ring is 1. The van der Waals surface area contributed by atoms with Crippen molar-refractivity contribution in [2.45, 2.75) is 26.2 Å². The zero-order valence-electron chi connectivity index (χ0n) is 11.4. The summed E-state index contributed by atoms with van der Waals surface area (Å²) in [6, 6.07) is 3.50. The largest absolute Gasteiger partial charge is 0.397 e. The van der Waals surface area contributed by atoms with Gasteiger partial charge in [-0.25, -0.2) is 12.8 Å². The van der Waals surface area contributed by atoms with Crippen LogP contribution in [0.1, 0.15) is 26.2 Å². The molecule has 0 saturated heterocycles. The SMILES string of the molecule is CCCCCS(=O)(=O)CC(=O)Nc1ccc(F)cc1N. The van der Waals surface area contributed by atoms with E-state index in [1.807, 2.05) is 6.92 Å². The molecular formula is C13H19FN2O3S. The summed E-state index contributed by atoms with van der Waals surface area (Å²) in [6.07, 6.45) is 2.27. The fraction of sp³-hybridized carbons (Fsp3) is 0.462. The fourth-order valence-corrected chi connectivity index (χ4v) is 2.94. The molecule has 5 nitrogen and oxygen atoms in total. The highest BCUT2D eigenvalue weighted by Gasteiger charge is 2.17. The summed E-state index contributed by atoms with van der Waals surface area (Å²) in [7, 11) is -3.42. The summed E-state index contributed by atoms with van der Waals surface area (Å²) in [5.41, 5.74) is 5.79. The molecule has 3 N–H and O–H groups in total. The van der Waals surface area contributed by atoms with Crippen molar-refractivity contribution in [1.29, 1.82) is 0 Å². The lowest BCUT2D eigenvalue weighted by Crippen LogP contribution is -2.25. The number of nitrogens with one attached hydrogen (secondary N) is 1. The number of benzene rings is 1. The van der Waals surface area contributed by atoms with Gasteiger partial charge in [-0.3, -0.25) is 4.79 Å². The molecule has 0 radical (unpaired) electrons. The number of halogens is 1. The Balaban J connectivity index is 2.59. The average molecular weight is 302 g/mol. The molecule has 0 aromatic heterocycles. The Morgan fingerprint density at radius 1 is 1.35 bits per heavy atom. The second-order valence-electron chi connectivity index (χ2n) is 4.58. The molecule has 0 saturated carbocycles. The van der Waals surface area contributed by atoms with E-state index in [4.69, 9.17) is 5.73 Å². The third kappa shape index (κ3) is 5.56. The quantitative estimate of drug-likeness (QED) is 0.595. The Morgan fingerprint density at radius 3 is 2.65 bits per heavy atom. The lowest BCUT2D eigenvalue weighted by Gasteiger charge is -2.08. The molecular weight excluding hydrogens is 283 g/mol. The van der Waals surface area contributed by atoms with E-state index in [9.17, 15) is 17.6 Å². The van der Waals surface area contributed by atoms with Gasteiger partial charge in [-0.05, 0) is 24.6 Å². The van der Waals surface area contributed by atoms with E-state index in [0.717, 1.165) is 25.0 Å². The molecule has 0 unspecified atom stereocenters. The van der Waals surface area contributed by atoms with Crippen LogP contribution < -0.4 is 11.1 Å². The van der Waals surface area contributed by atoms with Crippen LogP contribution in [0.5, 0.6) is 0 Å². The van der Waals surface area contributed by atoms with Crippen LogP contribution in [0.2, 0.25) is 0 Å². The summed E-state index contributed by atoms with van der Waals surface area (Å²) in [6.45, 7) is 1.97. The third-order valence-electron chi connectivity index (χ3n) is 2.70. The Labute approximate surface area is 118 Å². The third-order valence-corrected chi connectivity index (χ3v) is 4.31. The normalized spacial score (nSPS) is 11.3. The van der Waals surface area contributed by atoms with Crippen molar-refractivity contribution in [3.63, 3.8) is 0 Å². The monoisotopic (exact) mass is 302 g/mol. The maximum atomic E-state index is 12.8. The standard InChI is InChI=1S/C13H19FN2O3S/c1-2-3-4-7-20(18,19)9-13(17)16-12-6-5-10(14)8-11(12)15/h5-6,8H,2-4,7,9,15H2,1H3,(H,16,17). The highest BCUT2D eigenvalue weighted by molar-refractivity contribution is 7.92. The number of carbonyl (C=O) groups is 1. The predicted octanol–water partition coefficient (Wildman–Crippen LogP) is 1.95. The van der Waals surface area contributed by atoms with E-state index in [1.54, 1.807) is 0 Å². The molecule has 0 heterocycles. The molecule has 1 aromatic rings. The number of sulfone groups is 1. The smallest absolute Gasteiger partial charge is 0.239 e. The van der Waals surface area contributed by atoms with Gasteiger partial charge >= 0.3 is 0 Å². The predicted molar refractivity (Wildman–Crippen MR) is 77.6 cm³/mol. The van der Waals surface area contributed by atoms with Gasteiger partial charge in [0.1, 0.15) is 11.6 Å². The Bertz CT molecular complexity index is 573. The van der Waals surface area contributed by atoms with E-state index < -0.39 is 27.3 Å². The van der Waals surface area contributed by atoms with Crippen LogP contribution in [-0.2, 0) is 14.6 Å². The average Bonchev–Trinajstić information content (AvgIpc) is 2.32. The molecule has 0 atom stereocenters. The molecule has 1 rings (SSSR count). The molecule has 0 aliphatic carbocycles. The number of hydrogen-bond acceptors (Lipinski definition) is 4. The van der Waals surface area contributed by atoms with Crippen LogP contribution in [0.25, 0.3) is 0 Å². The summed E-state index contributed by atoms with van der Waals surface area (Å²) in [5.74, 6) is -1.78. The minimum Gasteiger partial charge on any atom is -0.397 e. The first kappa shape index (κ1) is 16.4. The van der Waals surface area contributed by atoms with Crippen molar-refractivity contribution in [2.75, 3.05) is 22.6 Å². The number of nitrogens with two attached hydrogens (primary N) is 1. The molecule has 1 aromatic carbocycles. The highest BCUT2D eigenvalue weighted by atomic mass is 32.2. The maximum absolute atomic E-state index is 12.8. The lowest BCUT2D eigenvalue weighted by atomic mass is 10.2. The van der Waals surface area contributed by atoms with Crippen LogP contribution in [0.4, 0.5) is 15.8 Å². The molecule has 0 fully saturated rings. The number of unbranched alkanes of at least 4 members (excludes halogenated alkanes) is 2. The maximum Gasteiger partial charge on any atom is 0.239 e. The van der Waals surface area contributed by atoms with Crippen molar-refractivity contribution >= 4 is 27.1 Å². The van der Waals surface area contributed by atoms with E-state index in [1.165, 1.54) is 6.07 Å².